The van der Waals surface area contributed by atoms with Gasteiger partial charge in [0, 0.05) is 20.3 Å². The topological polar surface area (TPSA) is 55.8 Å². The molecule has 0 aromatic carbocycles. The number of hydrogen-bond acceptors (Lipinski definition) is 3. The summed E-state index contributed by atoms with van der Waals surface area (Å²) in [6.07, 6.45) is 0.833. The third kappa shape index (κ3) is 17.6. The lowest BCUT2D eigenvalue weighted by Gasteiger charge is -2.00. The van der Waals surface area contributed by atoms with Crippen molar-refractivity contribution < 1.29 is 18.8 Å². The Hall–Kier alpha value is -0.653. The molecule has 0 bridgehead atoms. The van der Waals surface area contributed by atoms with Gasteiger partial charge in [0.25, 0.3) is 0 Å². The van der Waals surface area contributed by atoms with Crippen molar-refractivity contribution in [3.63, 3.8) is 0 Å². The Bertz CT molecular complexity index is 111. The van der Waals surface area contributed by atoms with E-state index in [1.54, 1.807) is 14.2 Å². The van der Waals surface area contributed by atoms with E-state index in [0.29, 0.717) is 0 Å². The highest BCUT2D eigenvalue weighted by molar-refractivity contribution is 6.42. The molecule has 0 aromatic heterocycles. The maximum atomic E-state index is 9.25. The van der Waals surface area contributed by atoms with Gasteiger partial charge in [-0.1, -0.05) is 6.58 Å². The van der Waals surface area contributed by atoms with E-state index >= 15 is 0 Å². The van der Waals surface area contributed by atoms with Gasteiger partial charge < -0.3 is 14.0 Å². The van der Waals surface area contributed by atoms with Gasteiger partial charge >= 0.3 is 15.3 Å². The molecule has 1 N–H and O–H groups in total. The van der Waals surface area contributed by atoms with Crippen LogP contribution in [0.5, 0.6) is 0 Å². The quantitative estimate of drug-likeness (QED) is 0.501. The number of carboxylic acids is 1. The minimum Gasteiger partial charge on any atom is -0.478 e. The number of aliphatic carboxylic acids is 1. The largest absolute Gasteiger partial charge is 0.478 e. The summed E-state index contributed by atoms with van der Waals surface area (Å²) in [6.45, 7) is 4.93. The number of rotatable bonds is 3. The molecule has 66 valence electrons. The van der Waals surface area contributed by atoms with Crippen LogP contribution in [0.4, 0.5) is 0 Å². The van der Waals surface area contributed by atoms with Crippen LogP contribution in [-0.2, 0) is 13.6 Å². The highest BCUT2D eigenvalue weighted by Crippen LogP contribution is 1.77. The number of carbonyl (C=O) groups is 1. The first-order chi connectivity index (χ1) is 5.08. The van der Waals surface area contributed by atoms with E-state index in [1.165, 1.54) is 0 Å². The maximum Gasteiger partial charge on any atom is 0.327 e. The molecule has 0 aromatic rings. The molecule has 4 nitrogen and oxygen atoms in total. The molecule has 5 heteroatoms. The fourth-order valence-corrected chi connectivity index (χ4v) is 0.289. The number of hydrogen-bond donors (Lipinski definition) is 1. The average Bonchev–Trinajstić information content (AvgIpc) is 2.04. The van der Waals surface area contributed by atoms with Gasteiger partial charge in [-0.3, -0.25) is 0 Å². The average molecular weight is 178 g/mol. The maximum absolute atomic E-state index is 9.25. The van der Waals surface area contributed by atoms with E-state index in [-0.39, 0.29) is 0 Å². The van der Waals surface area contributed by atoms with Crippen LogP contribution in [-0.4, -0.2) is 34.6 Å². The molecule has 0 fully saturated rings. The van der Waals surface area contributed by atoms with Crippen LogP contribution in [0.2, 0.25) is 6.55 Å². The lowest BCUT2D eigenvalue weighted by molar-refractivity contribution is -0.131. The standard InChI is InChI=1S/C3H10O2Si.C3H4O2/c1-4-6(3)5-2;1-2-3(4)5/h6H,1-3H3;2H,1H2,(H,4,5). The predicted octanol–water partition coefficient (Wildman–Crippen LogP) is 0.387. The first-order valence-electron chi connectivity index (χ1n) is 2.99. The third-order valence-electron chi connectivity index (χ3n) is 0.838. The third-order valence-corrected chi connectivity index (χ3v) is 2.17. The molecule has 0 heterocycles. The predicted molar refractivity (Wildman–Crippen MR) is 44.9 cm³/mol. The highest BCUT2D eigenvalue weighted by atomic mass is 28.3. The molecule has 0 radical (unpaired) electrons. The second-order valence-corrected chi connectivity index (χ2v) is 3.66. The fourth-order valence-electron chi connectivity index (χ4n) is 0.0962. The monoisotopic (exact) mass is 178 g/mol. The van der Waals surface area contributed by atoms with Crippen LogP contribution in [0, 0.1) is 0 Å². The van der Waals surface area contributed by atoms with Gasteiger partial charge in [0.2, 0.25) is 0 Å². The van der Waals surface area contributed by atoms with E-state index < -0.39 is 15.3 Å². The van der Waals surface area contributed by atoms with Crippen LogP contribution in [0.1, 0.15) is 0 Å². The van der Waals surface area contributed by atoms with Gasteiger partial charge in [0.1, 0.15) is 0 Å². The molecule has 0 unspecified atom stereocenters. The van der Waals surface area contributed by atoms with E-state index in [1.807, 2.05) is 6.55 Å². The summed E-state index contributed by atoms with van der Waals surface area (Å²) in [7, 11) is 2.17. The van der Waals surface area contributed by atoms with Crippen LogP contribution < -0.4 is 0 Å². The van der Waals surface area contributed by atoms with E-state index in [2.05, 4.69) is 6.58 Å². The molecule has 0 atom stereocenters. The molecule has 0 aliphatic carbocycles. The summed E-state index contributed by atoms with van der Waals surface area (Å²) in [5.74, 6) is -0.981. The van der Waals surface area contributed by atoms with Crippen molar-refractivity contribution in [1.82, 2.24) is 0 Å². The Labute approximate surface area is 68.3 Å². The summed E-state index contributed by atoms with van der Waals surface area (Å²) in [5.41, 5.74) is 0. The lowest BCUT2D eigenvalue weighted by Crippen LogP contribution is -2.12. The van der Waals surface area contributed by atoms with Crippen LogP contribution >= 0.6 is 0 Å². The molecule has 0 saturated heterocycles. The normalized spacial score (nSPS) is 8.36. The summed E-state index contributed by atoms with van der Waals surface area (Å²) >= 11 is 0. The Morgan fingerprint density at radius 2 is 1.82 bits per heavy atom. The first kappa shape index (κ1) is 13.0. The van der Waals surface area contributed by atoms with Crippen molar-refractivity contribution in [3.05, 3.63) is 12.7 Å². The molecule has 11 heavy (non-hydrogen) atoms. The Balaban J connectivity index is 0. The van der Waals surface area contributed by atoms with E-state index in [4.69, 9.17) is 14.0 Å². The molecule has 0 aliphatic rings. The van der Waals surface area contributed by atoms with Gasteiger partial charge in [-0.2, -0.15) is 0 Å². The SMILES string of the molecule is C=CC(=O)O.CO[SiH](C)OC. The summed E-state index contributed by atoms with van der Waals surface area (Å²) in [6, 6.07) is 0. The second-order valence-electron chi connectivity index (χ2n) is 1.58. The lowest BCUT2D eigenvalue weighted by atomic mass is 10.7. The van der Waals surface area contributed by atoms with Crippen molar-refractivity contribution in [2.75, 3.05) is 14.2 Å². The van der Waals surface area contributed by atoms with Gasteiger partial charge in [-0.15, -0.1) is 0 Å². The smallest absolute Gasteiger partial charge is 0.327 e. The zero-order valence-electron chi connectivity index (χ0n) is 7.03. The summed E-state index contributed by atoms with van der Waals surface area (Å²) < 4.78 is 9.63. The molecule has 0 aliphatic heterocycles. The molecule has 0 amide bonds. The van der Waals surface area contributed by atoms with Crippen LogP contribution in [0.15, 0.2) is 12.7 Å². The van der Waals surface area contributed by atoms with Crippen LogP contribution in [0.3, 0.4) is 0 Å². The summed E-state index contributed by atoms with van der Waals surface area (Å²) in [4.78, 5) is 9.25. The molecular weight excluding hydrogens is 164 g/mol. The van der Waals surface area contributed by atoms with Gasteiger partial charge in [-0.05, 0) is 6.55 Å². The summed E-state index contributed by atoms with van der Waals surface area (Å²) in [5, 5.41) is 7.60. The van der Waals surface area contributed by atoms with Crippen molar-refractivity contribution in [1.29, 1.82) is 0 Å². The van der Waals surface area contributed by atoms with Crippen molar-refractivity contribution in [2.24, 2.45) is 0 Å². The minimum absolute atomic E-state index is 0.833. The van der Waals surface area contributed by atoms with Gasteiger partial charge in [0.05, 0.1) is 0 Å². The second kappa shape index (κ2) is 9.35. The van der Waals surface area contributed by atoms with Gasteiger partial charge in [0.15, 0.2) is 0 Å². The van der Waals surface area contributed by atoms with Gasteiger partial charge in [-0.25, -0.2) is 4.79 Å². The number of carboxylic acid groups (broad SMARTS) is 1. The first-order valence-corrected chi connectivity index (χ1v) is 5.09. The van der Waals surface area contributed by atoms with Crippen molar-refractivity contribution in [2.45, 2.75) is 6.55 Å². The Kier molecular flexibility index (Phi) is 11.0. The van der Waals surface area contributed by atoms with Crippen molar-refractivity contribution in [3.8, 4) is 0 Å². The molecule has 0 saturated carbocycles. The Morgan fingerprint density at radius 1 is 1.55 bits per heavy atom. The molecular formula is C6H14O4Si. The highest BCUT2D eigenvalue weighted by Gasteiger charge is 1.94. The fraction of sp³-hybridized carbons (Fsp3) is 0.500. The minimum atomic E-state index is -1.16. The Morgan fingerprint density at radius 3 is 1.82 bits per heavy atom. The van der Waals surface area contributed by atoms with Crippen molar-refractivity contribution >= 4 is 15.3 Å². The molecule has 0 rings (SSSR count). The zero-order valence-corrected chi connectivity index (χ0v) is 8.19. The van der Waals surface area contributed by atoms with E-state index in [9.17, 15) is 4.79 Å². The van der Waals surface area contributed by atoms with Crippen LogP contribution in [0.25, 0.3) is 0 Å². The van der Waals surface area contributed by atoms with E-state index in [0.717, 1.165) is 6.08 Å². The zero-order chi connectivity index (χ0) is 9.28. The molecule has 0 spiro atoms.